The Morgan fingerprint density at radius 3 is 2.17 bits per heavy atom. The lowest BCUT2D eigenvalue weighted by atomic mass is 10.1. The molecule has 2 N–H and O–H groups in total. The Hall–Kier alpha value is -2.41. The summed E-state index contributed by atoms with van der Waals surface area (Å²) < 4.78 is 1.01. The number of aryl methyl sites for hydroxylation is 1. The Labute approximate surface area is 194 Å². The molecule has 0 amide bonds. The molecule has 0 aromatic heterocycles. The van der Waals surface area contributed by atoms with Gasteiger partial charge in [0.25, 0.3) is 0 Å². The van der Waals surface area contributed by atoms with E-state index in [9.17, 15) is 4.79 Å². The number of carbonyl (C=O) groups is 1. The molecule has 3 rings (SSSR count). The fourth-order valence-corrected chi connectivity index (χ4v) is 3.58. The number of thiocarbonyl (C=S) groups is 1. The van der Waals surface area contributed by atoms with Crippen LogP contribution in [0.5, 0.6) is 0 Å². The second-order valence-corrected chi connectivity index (χ2v) is 8.61. The van der Waals surface area contributed by atoms with Crippen LogP contribution in [0.3, 0.4) is 0 Å². The highest BCUT2D eigenvalue weighted by Gasteiger charge is 2.14. The molecule has 0 saturated carbocycles. The number of carboxylic acids is 1. The zero-order valence-corrected chi connectivity index (χ0v) is 19.4. The van der Waals surface area contributed by atoms with Crippen LogP contribution in [-0.4, -0.2) is 21.1 Å². The van der Waals surface area contributed by atoms with Crippen molar-refractivity contribution in [2.45, 2.75) is 20.0 Å². The van der Waals surface area contributed by atoms with Crippen molar-refractivity contribution in [3.63, 3.8) is 0 Å². The number of hydrogen-bond donors (Lipinski definition) is 2. The van der Waals surface area contributed by atoms with Crippen LogP contribution >= 0.6 is 39.7 Å². The summed E-state index contributed by atoms with van der Waals surface area (Å²) >= 11 is 15.3. The van der Waals surface area contributed by atoms with E-state index >= 15 is 0 Å². The molecule has 0 fully saturated rings. The second-order valence-electron chi connectivity index (χ2n) is 6.87. The molecule has 4 nitrogen and oxygen atoms in total. The molecule has 30 heavy (non-hydrogen) atoms. The van der Waals surface area contributed by atoms with Crippen LogP contribution in [0.1, 0.15) is 27.0 Å². The smallest absolute Gasteiger partial charge is 0.335 e. The fraction of sp³-hybridized carbons (Fsp3) is 0.130. The number of carboxylic acid groups (broad SMARTS) is 1. The van der Waals surface area contributed by atoms with Crippen LogP contribution < -0.4 is 5.32 Å². The molecule has 0 aliphatic carbocycles. The fourth-order valence-electron chi connectivity index (χ4n) is 2.91. The lowest BCUT2D eigenvalue weighted by Gasteiger charge is -2.27. The minimum Gasteiger partial charge on any atom is -0.478 e. The SMILES string of the molecule is Cc1ccc(Cl)cc1NC(=S)N(Cc1ccc(Br)cc1)Cc1ccc(C(=O)O)cc1. The topological polar surface area (TPSA) is 52.6 Å². The summed E-state index contributed by atoms with van der Waals surface area (Å²) in [7, 11) is 0. The molecule has 0 saturated heterocycles. The van der Waals surface area contributed by atoms with Gasteiger partial charge in [0.15, 0.2) is 5.11 Å². The van der Waals surface area contributed by atoms with Gasteiger partial charge in [-0.3, -0.25) is 0 Å². The van der Waals surface area contributed by atoms with E-state index in [0.29, 0.717) is 23.2 Å². The maximum Gasteiger partial charge on any atom is 0.335 e. The van der Waals surface area contributed by atoms with Crippen LogP contribution in [0.15, 0.2) is 71.2 Å². The van der Waals surface area contributed by atoms with Crippen molar-refractivity contribution < 1.29 is 9.90 Å². The lowest BCUT2D eigenvalue weighted by Crippen LogP contribution is -2.34. The average molecular weight is 504 g/mol. The largest absolute Gasteiger partial charge is 0.478 e. The average Bonchev–Trinajstić information content (AvgIpc) is 2.72. The van der Waals surface area contributed by atoms with Crippen molar-refractivity contribution in [3.8, 4) is 0 Å². The third kappa shape index (κ3) is 6.05. The Morgan fingerprint density at radius 1 is 1.03 bits per heavy atom. The molecule has 0 aliphatic rings. The monoisotopic (exact) mass is 502 g/mol. The third-order valence-corrected chi connectivity index (χ3v) is 5.71. The van der Waals surface area contributed by atoms with E-state index in [1.807, 2.05) is 66.4 Å². The zero-order valence-electron chi connectivity index (χ0n) is 16.2. The van der Waals surface area contributed by atoms with Gasteiger partial charge in [-0.25, -0.2) is 4.79 Å². The van der Waals surface area contributed by atoms with E-state index in [2.05, 4.69) is 21.2 Å². The number of rotatable bonds is 6. The zero-order chi connectivity index (χ0) is 21.7. The predicted octanol–water partition coefficient (Wildman–Crippen LogP) is 6.51. The molecule has 0 heterocycles. The van der Waals surface area contributed by atoms with Crippen LogP contribution in [0.4, 0.5) is 5.69 Å². The van der Waals surface area contributed by atoms with Crippen molar-refractivity contribution in [2.24, 2.45) is 0 Å². The molecule has 3 aromatic carbocycles. The van der Waals surface area contributed by atoms with Crippen molar-refractivity contribution in [1.29, 1.82) is 0 Å². The first-order chi connectivity index (χ1) is 14.3. The molecule has 0 aliphatic heterocycles. The molecule has 0 atom stereocenters. The molecular formula is C23H20BrClN2O2S. The van der Waals surface area contributed by atoms with E-state index in [1.165, 1.54) is 0 Å². The third-order valence-electron chi connectivity index (χ3n) is 4.59. The quantitative estimate of drug-likeness (QED) is 0.376. The van der Waals surface area contributed by atoms with Gasteiger partial charge in [-0.15, -0.1) is 0 Å². The van der Waals surface area contributed by atoms with Gasteiger partial charge in [0.1, 0.15) is 0 Å². The molecule has 0 spiro atoms. The van der Waals surface area contributed by atoms with Gasteiger partial charge in [0, 0.05) is 28.3 Å². The molecule has 154 valence electrons. The van der Waals surface area contributed by atoms with Gasteiger partial charge in [-0.1, -0.05) is 57.9 Å². The summed E-state index contributed by atoms with van der Waals surface area (Å²) in [6.07, 6.45) is 0. The molecule has 7 heteroatoms. The van der Waals surface area contributed by atoms with E-state index in [1.54, 1.807) is 12.1 Å². The van der Waals surface area contributed by atoms with E-state index in [0.717, 1.165) is 26.9 Å². The maximum atomic E-state index is 11.1. The van der Waals surface area contributed by atoms with Crippen molar-refractivity contribution in [1.82, 2.24) is 4.90 Å². The van der Waals surface area contributed by atoms with Gasteiger partial charge in [0.2, 0.25) is 0 Å². The van der Waals surface area contributed by atoms with Crippen LogP contribution in [0, 0.1) is 6.92 Å². The Kier molecular flexibility index (Phi) is 7.48. The molecule has 0 unspecified atom stereocenters. The van der Waals surface area contributed by atoms with Crippen LogP contribution in [0.25, 0.3) is 0 Å². The summed E-state index contributed by atoms with van der Waals surface area (Å²) in [5.74, 6) is -0.943. The minimum absolute atomic E-state index is 0.258. The highest BCUT2D eigenvalue weighted by molar-refractivity contribution is 9.10. The Morgan fingerprint density at radius 2 is 1.60 bits per heavy atom. The molecular weight excluding hydrogens is 484 g/mol. The highest BCUT2D eigenvalue weighted by atomic mass is 79.9. The minimum atomic E-state index is -0.943. The summed E-state index contributed by atoms with van der Waals surface area (Å²) in [6.45, 7) is 3.12. The van der Waals surface area contributed by atoms with Crippen molar-refractivity contribution in [3.05, 3.63) is 98.5 Å². The van der Waals surface area contributed by atoms with Crippen molar-refractivity contribution in [2.75, 3.05) is 5.32 Å². The van der Waals surface area contributed by atoms with Crippen molar-refractivity contribution >= 4 is 56.5 Å². The number of benzene rings is 3. The summed E-state index contributed by atoms with van der Waals surface area (Å²) in [4.78, 5) is 13.2. The Bertz CT molecular complexity index is 1060. The summed E-state index contributed by atoms with van der Waals surface area (Å²) in [5.41, 5.74) is 4.22. The van der Waals surface area contributed by atoms with Crippen LogP contribution in [-0.2, 0) is 13.1 Å². The maximum absolute atomic E-state index is 11.1. The van der Waals surface area contributed by atoms with Crippen LogP contribution in [0.2, 0.25) is 5.02 Å². The van der Waals surface area contributed by atoms with E-state index in [-0.39, 0.29) is 5.56 Å². The first-order valence-electron chi connectivity index (χ1n) is 9.20. The first kappa shape index (κ1) is 22.3. The van der Waals surface area contributed by atoms with Gasteiger partial charge >= 0.3 is 5.97 Å². The Balaban J connectivity index is 1.83. The van der Waals surface area contributed by atoms with Gasteiger partial charge < -0.3 is 15.3 Å². The number of anilines is 1. The second kappa shape index (κ2) is 10.1. The van der Waals surface area contributed by atoms with Gasteiger partial charge in [-0.2, -0.15) is 0 Å². The standard InChI is InChI=1S/C23H20BrClN2O2S/c1-15-2-11-20(25)12-21(15)26-23(30)27(14-17-5-9-19(24)10-6-17)13-16-3-7-18(8-4-16)22(28)29/h2-12H,13-14H2,1H3,(H,26,30)(H,28,29). The van der Waals surface area contributed by atoms with E-state index < -0.39 is 5.97 Å². The normalized spacial score (nSPS) is 10.5. The summed E-state index contributed by atoms with van der Waals surface area (Å²) in [6, 6.07) is 20.5. The number of aromatic carboxylic acids is 1. The number of nitrogens with zero attached hydrogens (tertiary/aromatic N) is 1. The predicted molar refractivity (Wildman–Crippen MR) is 129 cm³/mol. The van der Waals surface area contributed by atoms with E-state index in [4.69, 9.17) is 28.9 Å². The number of hydrogen-bond acceptors (Lipinski definition) is 2. The van der Waals surface area contributed by atoms with Gasteiger partial charge in [0.05, 0.1) is 5.56 Å². The van der Waals surface area contributed by atoms with Gasteiger partial charge in [-0.05, 0) is 72.2 Å². The first-order valence-corrected chi connectivity index (χ1v) is 10.8. The molecule has 0 radical (unpaired) electrons. The number of nitrogens with one attached hydrogen (secondary N) is 1. The lowest BCUT2D eigenvalue weighted by molar-refractivity contribution is 0.0697. The molecule has 0 bridgehead atoms. The highest BCUT2D eigenvalue weighted by Crippen LogP contribution is 2.22. The summed E-state index contributed by atoms with van der Waals surface area (Å²) in [5, 5.41) is 13.6. The molecule has 3 aromatic rings. The number of halogens is 2.